The molecule has 0 aromatic heterocycles. The Hall–Kier alpha value is -1.64. The number of carbonyl (C=O) groups excluding carboxylic acids is 2. The lowest BCUT2D eigenvalue weighted by Gasteiger charge is -2.21. The van der Waals surface area contributed by atoms with Crippen LogP contribution in [0.3, 0.4) is 0 Å². The van der Waals surface area contributed by atoms with E-state index in [0.717, 1.165) is 6.42 Å². The summed E-state index contributed by atoms with van der Waals surface area (Å²) in [5.74, 6) is -0.329. The number of hydrogen-bond donors (Lipinski definition) is 1. The van der Waals surface area contributed by atoms with Gasteiger partial charge in [0.2, 0.25) is 11.8 Å². The Morgan fingerprint density at radius 1 is 1.31 bits per heavy atom. The standard InChI is InChI=1S/C13H15NO2/c1-9-4-2-3-5-10(9)8-11-6-7-12(15)14-13(11)16/h2-5,11H,6-8H2,1H3,(H,14,15,16). The molecule has 2 amide bonds. The van der Waals surface area contributed by atoms with E-state index in [4.69, 9.17) is 0 Å². The summed E-state index contributed by atoms with van der Waals surface area (Å²) in [4.78, 5) is 22.6. The molecule has 1 aromatic carbocycles. The van der Waals surface area contributed by atoms with E-state index in [1.807, 2.05) is 31.2 Å². The Bertz CT molecular complexity index is 426. The molecule has 0 spiro atoms. The van der Waals surface area contributed by atoms with E-state index in [0.29, 0.717) is 12.8 Å². The predicted octanol–water partition coefficient (Wildman–Crippen LogP) is 1.59. The van der Waals surface area contributed by atoms with Gasteiger partial charge in [0.05, 0.1) is 0 Å². The molecule has 3 nitrogen and oxygen atoms in total. The van der Waals surface area contributed by atoms with Crippen LogP contribution in [0.25, 0.3) is 0 Å². The molecule has 1 aliphatic rings. The van der Waals surface area contributed by atoms with Crippen molar-refractivity contribution in [1.29, 1.82) is 0 Å². The van der Waals surface area contributed by atoms with Crippen LogP contribution in [0.4, 0.5) is 0 Å². The molecule has 1 atom stereocenters. The Kier molecular flexibility index (Phi) is 3.04. The van der Waals surface area contributed by atoms with Crippen molar-refractivity contribution in [3.63, 3.8) is 0 Å². The van der Waals surface area contributed by atoms with Crippen LogP contribution >= 0.6 is 0 Å². The summed E-state index contributed by atoms with van der Waals surface area (Å²) in [6.45, 7) is 2.04. The van der Waals surface area contributed by atoms with Gasteiger partial charge in [-0.25, -0.2) is 0 Å². The lowest BCUT2D eigenvalue weighted by molar-refractivity contribution is -0.136. The van der Waals surface area contributed by atoms with Crippen LogP contribution < -0.4 is 5.32 Å². The van der Waals surface area contributed by atoms with Gasteiger partial charge in [-0.05, 0) is 30.9 Å². The molecule has 0 bridgehead atoms. The zero-order valence-corrected chi connectivity index (χ0v) is 9.32. The van der Waals surface area contributed by atoms with Crippen LogP contribution in [-0.2, 0) is 16.0 Å². The van der Waals surface area contributed by atoms with Gasteiger partial charge in [-0.15, -0.1) is 0 Å². The highest BCUT2D eigenvalue weighted by Gasteiger charge is 2.26. The minimum Gasteiger partial charge on any atom is -0.296 e. The molecule has 1 N–H and O–H groups in total. The van der Waals surface area contributed by atoms with Crippen LogP contribution in [0.2, 0.25) is 0 Å². The summed E-state index contributed by atoms with van der Waals surface area (Å²) < 4.78 is 0. The minimum absolute atomic E-state index is 0.0567. The number of benzene rings is 1. The van der Waals surface area contributed by atoms with E-state index < -0.39 is 0 Å². The van der Waals surface area contributed by atoms with Crippen molar-refractivity contribution in [1.82, 2.24) is 5.32 Å². The van der Waals surface area contributed by atoms with Crippen molar-refractivity contribution in [2.45, 2.75) is 26.2 Å². The summed E-state index contributed by atoms with van der Waals surface area (Å²) in [5, 5.41) is 2.39. The van der Waals surface area contributed by atoms with E-state index in [9.17, 15) is 9.59 Å². The molecule has 1 heterocycles. The molecule has 0 radical (unpaired) electrons. The van der Waals surface area contributed by atoms with Crippen LogP contribution in [0, 0.1) is 12.8 Å². The first kappa shape index (κ1) is 10.9. The predicted molar refractivity (Wildman–Crippen MR) is 60.8 cm³/mol. The number of amides is 2. The third-order valence-corrected chi connectivity index (χ3v) is 3.08. The first-order valence-electron chi connectivity index (χ1n) is 5.55. The number of rotatable bonds is 2. The Balaban J connectivity index is 2.08. The molecular weight excluding hydrogens is 202 g/mol. The highest BCUT2D eigenvalue weighted by atomic mass is 16.2. The number of aryl methyl sites for hydroxylation is 1. The van der Waals surface area contributed by atoms with Crippen molar-refractivity contribution in [2.24, 2.45) is 5.92 Å². The Labute approximate surface area is 94.9 Å². The van der Waals surface area contributed by atoms with Crippen molar-refractivity contribution in [3.05, 3.63) is 35.4 Å². The number of hydrogen-bond acceptors (Lipinski definition) is 2. The molecule has 1 fully saturated rings. The van der Waals surface area contributed by atoms with Gasteiger partial charge < -0.3 is 0 Å². The average molecular weight is 217 g/mol. The second kappa shape index (κ2) is 4.47. The minimum atomic E-state index is -0.147. The average Bonchev–Trinajstić information content (AvgIpc) is 2.25. The highest BCUT2D eigenvalue weighted by molar-refractivity contribution is 5.98. The smallest absolute Gasteiger partial charge is 0.230 e. The summed E-state index contributed by atoms with van der Waals surface area (Å²) in [7, 11) is 0. The zero-order chi connectivity index (χ0) is 11.5. The number of piperidine rings is 1. The van der Waals surface area contributed by atoms with Crippen molar-refractivity contribution < 1.29 is 9.59 Å². The van der Waals surface area contributed by atoms with Crippen LogP contribution in [0.15, 0.2) is 24.3 Å². The maximum atomic E-state index is 11.6. The normalized spacial score (nSPS) is 20.7. The topological polar surface area (TPSA) is 46.2 Å². The quantitative estimate of drug-likeness (QED) is 0.765. The summed E-state index contributed by atoms with van der Waals surface area (Å²) in [6.07, 6.45) is 1.85. The lowest BCUT2D eigenvalue weighted by Crippen LogP contribution is -2.41. The second-order valence-corrected chi connectivity index (χ2v) is 4.28. The van der Waals surface area contributed by atoms with E-state index in [-0.39, 0.29) is 17.7 Å². The summed E-state index contributed by atoms with van der Waals surface area (Å²) >= 11 is 0. The lowest BCUT2D eigenvalue weighted by atomic mass is 9.90. The van der Waals surface area contributed by atoms with Gasteiger partial charge in [-0.1, -0.05) is 24.3 Å². The van der Waals surface area contributed by atoms with Gasteiger partial charge in [-0.2, -0.15) is 0 Å². The molecular formula is C13H15NO2. The zero-order valence-electron chi connectivity index (χ0n) is 9.32. The van der Waals surface area contributed by atoms with Gasteiger partial charge in [0.1, 0.15) is 0 Å². The van der Waals surface area contributed by atoms with E-state index in [1.54, 1.807) is 0 Å². The monoisotopic (exact) mass is 217 g/mol. The molecule has 1 saturated heterocycles. The third kappa shape index (κ3) is 2.30. The fraction of sp³-hybridized carbons (Fsp3) is 0.385. The fourth-order valence-electron chi connectivity index (χ4n) is 2.04. The molecule has 16 heavy (non-hydrogen) atoms. The van der Waals surface area contributed by atoms with Gasteiger partial charge in [0.15, 0.2) is 0 Å². The van der Waals surface area contributed by atoms with E-state index >= 15 is 0 Å². The molecule has 1 aliphatic heterocycles. The first-order valence-corrected chi connectivity index (χ1v) is 5.55. The summed E-state index contributed by atoms with van der Waals surface area (Å²) in [5.41, 5.74) is 2.39. The highest BCUT2D eigenvalue weighted by Crippen LogP contribution is 2.19. The molecule has 1 aromatic rings. The number of imide groups is 1. The molecule has 2 rings (SSSR count). The SMILES string of the molecule is Cc1ccccc1CC1CCC(=O)NC1=O. The fourth-order valence-corrected chi connectivity index (χ4v) is 2.04. The van der Waals surface area contributed by atoms with Gasteiger partial charge in [-0.3, -0.25) is 14.9 Å². The van der Waals surface area contributed by atoms with Crippen molar-refractivity contribution in [2.75, 3.05) is 0 Å². The molecule has 1 unspecified atom stereocenters. The maximum Gasteiger partial charge on any atom is 0.230 e. The second-order valence-electron chi connectivity index (χ2n) is 4.28. The maximum absolute atomic E-state index is 11.6. The molecule has 3 heteroatoms. The third-order valence-electron chi connectivity index (χ3n) is 3.08. The molecule has 0 saturated carbocycles. The van der Waals surface area contributed by atoms with Gasteiger partial charge in [0, 0.05) is 12.3 Å². The van der Waals surface area contributed by atoms with Gasteiger partial charge in [0.25, 0.3) is 0 Å². The van der Waals surface area contributed by atoms with Gasteiger partial charge >= 0.3 is 0 Å². The first-order chi connectivity index (χ1) is 7.66. The largest absolute Gasteiger partial charge is 0.296 e. The molecule has 0 aliphatic carbocycles. The van der Waals surface area contributed by atoms with E-state index in [1.165, 1.54) is 11.1 Å². The number of nitrogens with one attached hydrogen (secondary N) is 1. The summed E-state index contributed by atoms with van der Waals surface area (Å²) in [6, 6.07) is 8.05. The van der Waals surface area contributed by atoms with Crippen LogP contribution in [-0.4, -0.2) is 11.8 Å². The molecule has 84 valence electrons. The van der Waals surface area contributed by atoms with Crippen molar-refractivity contribution >= 4 is 11.8 Å². The van der Waals surface area contributed by atoms with Crippen LogP contribution in [0.1, 0.15) is 24.0 Å². The Morgan fingerprint density at radius 3 is 2.75 bits per heavy atom. The van der Waals surface area contributed by atoms with E-state index in [2.05, 4.69) is 5.32 Å². The van der Waals surface area contributed by atoms with Crippen LogP contribution in [0.5, 0.6) is 0 Å². The number of carbonyl (C=O) groups is 2. The Morgan fingerprint density at radius 2 is 2.06 bits per heavy atom. The van der Waals surface area contributed by atoms with Crippen molar-refractivity contribution in [3.8, 4) is 0 Å².